The highest BCUT2D eigenvalue weighted by Crippen LogP contribution is 2.36. The molecule has 5 nitrogen and oxygen atoms in total. The third-order valence-corrected chi connectivity index (χ3v) is 3.59. The summed E-state index contributed by atoms with van der Waals surface area (Å²) in [5.41, 5.74) is 3.62. The molecule has 0 fully saturated rings. The first-order valence-corrected chi connectivity index (χ1v) is 6.09. The number of rotatable bonds is 1. The second-order valence-corrected chi connectivity index (χ2v) is 4.65. The Morgan fingerprint density at radius 2 is 2.10 bits per heavy atom. The number of allylic oxidation sites excluding steroid dienone is 1. The summed E-state index contributed by atoms with van der Waals surface area (Å²) < 4.78 is 1.95. The minimum Gasteiger partial charge on any atom is -0.350 e. The number of nitriles is 2. The van der Waals surface area contributed by atoms with Gasteiger partial charge in [0.05, 0.1) is 23.9 Å². The van der Waals surface area contributed by atoms with E-state index in [1.807, 2.05) is 42.1 Å². The van der Waals surface area contributed by atoms with Gasteiger partial charge < -0.3 is 4.57 Å². The van der Waals surface area contributed by atoms with Crippen molar-refractivity contribution < 1.29 is 0 Å². The van der Waals surface area contributed by atoms with E-state index in [-0.39, 0.29) is 0 Å². The van der Waals surface area contributed by atoms with Crippen LogP contribution in [0.15, 0.2) is 47.3 Å². The minimum absolute atomic E-state index is 0.339. The highest BCUT2D eigenvalue weighted by molar-refractivity contribution is 5.95. The van der Waals surface area contributed by atoms with Gasteiger partial charge in [-0.15, -0.1) is 0 Å². The fourth-order valence-corrected chi connectivity index (χ4v) is 2.56. The zero-order chi connectivity index (χ0) is 14.2. The normalized spacial score (nSPS) is 20.9. The summed E-state index contributed by atoms with van der Waals surface area (Å²) in [5, 5.41) is 23.9. The molecule has 0 saturated heterocycles. The first-order chi connectivity index (χ1) is 9.73. The van der Waals surface area contributed by atoms with E-state index in [4.69, 9.17) is 0 Å². The molecule has 1 atom stereocenters. The molecule has 0 aliphatic carbocycles. The van der Waals surface area contributed by atoms with Gasteiger partial charge in [-0.2, -0.15) is 15.6 Å². The second kappa shape index (κ2) is 4.25. The Balaban J connectivity index is 2.37. The zero-order valence-electron chi connectivity index (χ0n) is 10.8. The van der Waals surface area contributed by atoms with Crippen molar-refractivity contribution in [2.45, 2.75) is 5.41 Å². The van der Waals surface area contributed by atoms with Crippen LogP contribution in [0, 0.1) is 22.7 Å². The summed E-state index contributed by atoms with van der Waals surface area (Å²) in [5.74, 6) is 0. The van der Waals surface area contributed by atoms with Gasteiger partial charge in [0.1, 0.15) is 0 Å². The van der Waals surface area contributed by atoms with Gasteiger partial charge in [0.25, 0.3) is 0 Å². The number of hydrogen-bond donors (Lipinski definition) is 1. The molecule has 0 spiro atoms. The highest BCUT2D eigenvalue weighted by Gasteiger charge is 2.39. The molecule has 1 aromatic carbocycles. The Morgan fingerprint density at radius 1 is 1.30 bits per heavy atom. The topological polar surface area (TPSA) is 76.9 Å². The Bertz CT molecular complexity index is 828. The van der Waals surface area contributed by atoms with Crippen LogP contribution >= 0.6 is 0 Å². The Kier molecular flexibility index (Phi) is 2.55. The minimum atomic E-state index is -1.14. The van der Waals surface area contributed by atoms with Crippen molar-refractivity contribution in [3.63, 3.8) is 0 Å². The molecule has 5 heteroatoms. The first-order valence-electron chi connectivity index (χ1n) is 6.09. The SMILES string of the molecule is Cn1cc(C2(C#N)C=NNC=C2C#N)c2ccccc21. The van der Waals surface area contributed by atoms with Crippen molar-refractivity contribution in [2.24, 2.45) is 12.1 Å². The predicted octanol–water partition coefficient (Wildman–Crippen LogP) is 1.94. The quantitative estimate of drug-likeness (QED) is 0.852. The van der Waals surface area contributed by atoms with Crippen molar-refractivity contribution in [1.29, 1.82) is 10.5 Å². The Hall–Kier alpha value is -3.05. The summed E-state index contributed by atoms with van der Waals surface area (Å²) in [6.07, 6.45) is 4.86. The van der Waals surface area contributed by atoms with Gasteiger partial charge in [0.2, 0.25) is 0 Å². The van der Waals surface area contributed by atoms with Gasteiger partial charge in [-0.1, -0.05) is 18.2 Å². The number of hydrazone groups is 1. The largest absolute Gasteiger partial charge is 0.350 e. The fourth-order valence-electron chi connectivity index (χ4n) is 2.56. The Labute approximate surface area is 116 Å². The van der Waals surface area contributed by atoms with Crippen LogP contribution in [0.3, 0.4) is 0 Å². The predicted molar refractivity (Wildman–Crippen MR) is 75.5 cm³/mol. The van der Waals surface area contributed by atoms with Crippen molar-refractivity contribution in [3.05, 3.63) is 47.8 Å². The van der Waals surface area contributed by atoms with Crippen molar-refractivity contribution in [1.82, 2.24) is 9.99 Å². The van der Waals surface area contributed by atoms with E-state index >= 15 is 0 Å². The summed E-state index contributed by atoms with van der Waals surface area (Å²) in [4.78, 5) is 0. The van der Waals surface area contributed by atoms with Crippen molar-refractivity contribution in [3.8, 4) is 12.1 Å². The molecule has 3 rings (SSSR count). The maximum Gasteiger partial charge on any atom is 0.157 e. The number of nitrogens with one attached hydrogen (secondary N) is 1. The fraction of sp³-hybridized carbons (Fsp3) is 0.133. The molecule has 96 valence electrons. The van der Waals surface area contributed by atoms with Gasteiger partial charge >= 0.3 is 0 Å². The number of aromatic nitrogens is 1. The molecule has 2 heterocycles. The lowest BCUT2D eigenvalue weighted by atomic mass is 9.76. The maximum atomic E-state index is 9.69. The molecule has 0 radical (unpaired) electrons. The molecule has 20 heavy (non-hydrogen) atoms. The van der Waals surface area contributed by atoms with Crippen LogP contribution in [0.2, 0.25) is 0 Å². The molecule has 0 bridgehead atoms. The number of fused-ring (bicyclic) bond motifs is 1. The second-order valence-electron chi connectivity index (χ2n) is 4.65. The smallest absolute Gasteiger partial charge is 0.157 e. The van der Waals surface area contributed by atoms with E-state index < -0.39 is 5.41 Å². The van der Waals surface area contributed by atoms with E-state index in [9.17, 15) is 10.5 Å². The van der Waals surface area contributed by atoms with Gasteiger partial charge in [0.15, 0.2) is 5.41 Å². The van der Waals surface area contributed by atoms with Gasteiger partial charge in [0, 0.05) is 35.9 Å². The zero-order valence-corrected chi connectivity index (χ0v) is 10.8. The summed E-state index contributed by atoms with van der Waals surface area (Å²) in [7, 11) is 1.92. The van der Waals surface area contributed by atoms with Crippen LogP contribution in [0.5, 0.6) is 0 Å². The lowest BCUT2D eigenvalue weighted by molar-refractivity contribution is 0.813. The number of nitrogens with zero attached hydrogens (tertiary/aromatic N) is 4. The van der Waals surface area contributed by atoms with Crippen LogP contribution < -0.4 is 5.43 Å². The molecule has 1 aromatic heterocycles. The summed E-state index contributed by atoms with van der Waals surface area (Å²) in [6, 6.07) is 12.1. The average molecular weight is 261 g/mol. The van der Waals surface area contributed by atoms with E-state index in [0.717, 1.165) is 16.5 Å². The van der Waals surface area contributed by atoms with Crippen LogP contribution in [0.25, 0.3) is 10.9 Å². The third-order valence-electron chi connectivity index (χ3n) is 3.59. The van der Waals surface area contributed by atoms with Crippen LogP contribution in [0.4, 0.5) is 0 Å². The standard InChI is InChI=1S/C15H11N5/c1-20-8-13(12-4-2-3-5-14(12)20)15(9-17)10-19-18-7-11(15)6-16/h2-5,7-8,10,18H,1H3. The molecule has 1 aliphatic rings. The number of benzene rings is 1. The number of hydrogen-bond acceptors (Lipinski definition) is 4. The monoisotopic (exact) mass is 261 g/mol. The number of para-hydroxylation sites is 1. The molecule has 0 saturated carbocycles. The third kappa shape index (κ3) is 1.44. The van der Waals surface area contributed by atoms with Gasteiger partial charge in [-0.05, 0) is 6.07 Å². The van der Waals surface area contributed by atoms with E-state index in [2.05, 4.69) is 22.7 Å². The van der Waals surface area contributed by atoms with Crippen LogP contribution in [-0.2, 0) is 12.5 Å². The van der Waals surface area contributed by atoms with Gasteiger partial charge in [-0.3, -0.25) is 5.43 Å². The molecule has 1 aliphatic heterocycles. The summed E-state index contributed by atoms with van der Waals surface area (Å²) in [6.45, 7) is 0. The molecular weight excluding hydrogens is 250 g/mol. The lowest BCUT2D eigenvalue weighted by Gasteiger charge is -2.23. The van der Waals surface area contributed by atoms with Crippen molar-refractivity contribution in [2.75, 3.05) is 0 Å². The first kappa shape index (κ1) is 12.0. The van der Waals surface area contributed by atoms with E-state index in [1.54, 1.807) is 0 Å². The lowest BCUT2D eigenvalue weighted by Crippen LogP contribution is -2.32. The van der Waals surface area contributed by atoms with Gasteiger partial charge in [-0.25, -0.2) is 0 Å². The Morgan fingerprint density at radius 3 is 2.85 bits per heavy atom. The summed E-state index contributed by atoms with van der Waals surface area (Å²) >= 11 is 0. The molecule has 1 unspecified atom stereocenters. The maximum absolute atomic E-state index is 9.69. The highest BCUT2D eigenvalue weighted by atomic mass is 15.3. The molecule has 0 amide bonds. The molecular formula is C15H11N5. The van der Waals surface area contributed by atoms with Crippen LogP contribution in [-0.4, -0.2) is 10.8 Å². The van der Waals surface area contributed by atoms with Crippen molar-refractivity contribution >= 4 is 17.1 Å². The number of aryl methyl sites for hydroxylation is 1. The average Bonchev–Trinajstić information content (AvgIpc) is 2.85. The molecule has 2 aromatic rings. The van der Waals surface area contributed by atoms with Crippen LogP contribution in [0.1, 0.15) is 5.56 Å². The van der Waals surface area contributed by atoms with E-state index in [1.165, 1.54) is 12.4 Å². The van der Waals surface area contributed by atoms with E-state index in [0.29, 0.717) is 5.57 Å². The molecule has 1 N–H and O–H groups in total.